The van der Waals surface area contributed by atoms with Gasteiger partial charge >= 0.3 is 78.4 Å². The molecule has 0 unspecified atom stereocenters. The Morgan fingerprint density at radius 2 is 1.00 bits per heavy atom. The molecular weight excluding hydrogens is 391 g/mol. The van der Waals surface area contributed by atoms with Crippen LogP contribution in [-0.2, 0) is 4.79 Å². The number of carboxylic acids is 1. The summed E-state index contributed by atoms with van der Waals surface area (Å²) in [6, 6.07) is 0. The standard InChI is InChI=1S/C12H24O2.C8H17.Sn/c1-2-3-4-5-6-7-8-9-10-11-12(13)14;1-3-5-7-8-6-4-2;/h2-11H2,1H3,(H,13,14);1,3-8H2,2H3;. The zero-order valence-corrected chi connectivity index (χ0v) is 18.7. The van der Waals surface area contributed by atoms with Gasteiger partial charge in [0.1, 0.15) is 0 Å². The van der Waals surface area contributed by atoms with Crippen LogP contribution >= 0.6 is 0 Å². The minimum absolute atomic E-state index is 0.343. The van der Waals surface area contributed by atoms with Gasteiger partial charge in [-0.3, -0.25) is 4.79 Å². The molecule has 0 aromatic heterocycles. The van der Waals surface area contributed by atoms with Gasteiger partial charge < -0.3 is 5.11 Å². The molecule has 0 fully saturated rings. The molecule has 0 spiro atoms. The van der Waals surface area contributed by atoms with Crippen molar-refractivity contribution >= 4 is 28.5 Å². The zero-order chi connectivity index (χ0) is 17.6. The van der Waals surface area contributed by atoms with Gasteiger partial charge in [0.05, 0.1) is 0 Å². The van der Waals surface area contributed by atoms with Crippen LogP contribution in [0.2, 0.25) is 4.44 Å². The fraction of sp³-hybridized carbons (Fsp3) is 0.950. The predicted molar refractivity (Wildman–Crippen MR) is 103 cm³/mol. The van der Waals surface area contributed by atoms with Crippen molar-refractivity contribution in [2.45, 2.75) is 121 Å². The van der Waals surface area contributed by atoms with Crippen molar-refractivity contribution in [2.75, 3.05) is 0 Å². The van der Waals surface area contributed by atoms with Crippen LogP contribution in [0.5, 0.6) is 0 Å². The third-order valence-electron chi connectivity index (χ3n) is 4.02. The molecule has 0 aromatic rings. The van der Waals surface area contributed by atoms with Gasteiger partial charge in [-0.1, -0.05) is 58.3 Å². The van der Waals surface area contributed by atoms with Crippen LogP contribution in [0.25, 0.3) is 0 Å². The Bertz CT molecular complexity index is 214. The van der Waals surface area contributed by atoms with E-state index < -0.39 is 5.97 Å². The van der Waals surface area contributed by atoms with Crippen molar-refractivity contribution in [3.63, 3.8) is 0 Å². The van der Waals surface area contributed by atoms with Crippen LogP contribution in [0, 0.1) is 0 Å². The first kappa shape index (κ1) is 25.5. The van der Waals surface area contributed by atoms with Gasteiger partial charge in [0.15, 0.2) is 0 Å². The summed E-state index contributed by atoms with van der Waals surface area (Å²) in [6.45, 7) is 4.50. The average molecular weight is 432 g/mol. The number of carboxylic acid groups (broad SMARTS) is 1. The SMILES string of the molecule is CCCCCCCCCCCC(=O)O.CCCCCCC[CH2][Sn]. The normalized spacial score (nSPS) is 10.2. The summed E-state index contributed by atoms with van der Waals surface area (Å²) in [4.78, 5) is 10.2. The molecule has 0 bridgehead atoms. The van der Waals surface area contributed by atoms with Crippen LogP contribution in [0.1, 0.15) is 117 Å². The van der Waals surface area contributed by atoms with E-state index in [0.29, 0.717) is 6.42 Å². The summed E-state index contributed by atoms with van der Waals surface area (Å²) in [5.74, 6) is -0.659. The number of carbonyl (C=O) groups is 1. The van der Waals surface area contributed by atoms with Gasteiger partial charge in [0.2, 0.25) is 0 Å². The second kappa shape index (κ2) is 24.5. The van der Waals surface area contributed by atoms with E-state index in [-0.39, 0.29) is 0 Å². The van der Waals surface area contributed by atoms with Crippen LogP contribution < -0.4 is 0 Å². The maximum atomic E-state index is 10.2. The number of unbranched alkanes of at least 4 members (excludes halogenated alkanes) is 13. The Morgan fingerprint density at radius 3 is 1.35 bits per heavy atom. The molecule has 0 rings (SSSR count). The van der Waals surface area contributed by atoms with Gasteiger partial charge in [-0.25, -0.2) is 0 Å². The fourth-order valence-electron chi connectivity index (χ4n) is 2.49. The Labute approximate surface area is 159 Å². The Morgan fingerprint density at radius 1 is 0.652 bits per heavy atom. The minimum atomic E-state index is -0.659. The van der Waals surface area contributed by atoms with Crippen molar-refractivity contribution < 1.29 is 9.90 Å². The van der Waals surface area contributed by atoms with Crippen LogP contribution in [0.15, 0.2) is 0 Å². The van der Waals surface area contributed by atoms with Crippen LogP contribution in [0.4, 0.5) is 0 Å². The van der Waals surface area contributed by atoms with E-state index >= 15 is 0 Å². The molecule has 3 radical (unpaired) electrons. The number of aliphatic carboxylic acids is 1. The van der Waals surface area contributed by atoms with E-state index in [2.05, 4.69) is 13.8 Å². The second-order valence-corrected chi connectivity index (χ2v) is 7.92. The quantitative estimate of drug-likeness (QED) is 0.212. The van der Waals surface area contributed by atoms with Gasteiger partial charge in [-0.15, -0.1) is 0 Å². The fourth-order valence-corrected chi connectivity index (χ4v) is 3.21. The molecular formula is C20H41O2Sn. The molecule has 3 heteroatoms. The number of hydrogen-bond donors (Lipinski definition) is 1. The van der Waals surface area contributed by atoms with Crippen molar-refractivity contribution in [1.82, 2.24) is 0 Å². The summed E-state index contributed by atoms with van der Waals surface area (Å²) >= 11 is 1.71. The molecule has 2 nitrogen and oxygen atoms in total. The molecule has 0 aliphatic rings. The Hall–Kier alpha value is 0.269. The topological polar surface area (TPSA) is 37.3 Å². The summed E-state index contributed by atoms with van der Waals surface area (Å²) < 4.78 is 1.46. The molecule has 0 aliphatic carbocycles. The van der Waals surface area contributed by atoms with Crippen molar-refractivity contribution in [3.05, 3.63) is 0 Å². The zero-order valence-electron chi connectivity index (χ0n) is 15.9. The van der Waals surface area contributed by atoms with E-state index in [1.54, 1.807) is 22.5 Å². The summed E-state index contributed by atoms with van der Waals surface area (Å²) in [6.07, 6.45) is 20.2. The Balaban J connectivity index is 0. The molecule has 0 amide bonds. The summed E-state index contributed by atoms with van der Waals surface area (Å²) in [7, 11) is 0. The molecule has 23 heavy (non-hydrogen) atoms. The molecule has 1 N–H and O–H groups in total. The van der Waals surface area contributed by atoms with E-state index in [1.165, 1.54) is 87.9 Å². The van der Waals surface area contributed by atoms with E-state index in [1.807, 2.05) is 0 Å². The average Bonchev–Trinajstić information content (AvgIpc) is 2.54. The van der Waals surface area contributed by atoms with Gasteiger partial charge in [0.25, 0.3) is 0 Å². The van der Waals surface area contributed by atoms with Gasteiger partial charge in [-0.2, -0.15) is 0 Å². The van der Waals surface area contributed by atoms with E-state index in [4.69, 9.17) is 5.11 Å². The second-order valence-electron chi connectivity index (χ2n) is 6.49. The first-order valence-electron chi connectivity index (χ1n) is 10.0. The monoisotopic (exact) mass is 433 g/mol. The first-order chi connectivity index (χ1) is 11.2. The molecule has 0 saturated heterocycles. The Kier molecular flexibility index (Phi) is 27.2. The molecule has 0 atom stereocenters. The van der Waals surface area contributed by atoms with Crippen LogP contribution in [-0.4, -0.2) is 33.6 Å². The van der Waals surface area contributed by atoms with Crippen molar-refractivity contribution in [3.8, 4) is 0 Å². The van der Waals surface area contributed by atoms with Gasteiger partial charge in [0, 0.05) is 6.42 Å². The molecule has 0 aromatic carbocycles. The molecule has 137 valence electrons. The molecule has 0 saturated carbocycles. The van der Waals surface area contributed by atoms with Gasteiger partial charge in [-0.05, 0) is 6.42 Å². The third kappa shape index (κ3) is 30.7. The molecule has 0 aliphatic heterocycles. The summed E-state index contributed by atoms with van der Waals surface area (Å²) in [5, 5.41) is 8.41. The number of hydrogen-bond acceptors (Lipinski definition) is 1. The van der Waals surface area contributed by atoms with Crippen molar-refractivity contribution in [2.24, 2.45) is 0 Å². The third-order valence-corrected chi connectivity index (χ3v) is 5.03. The number of rotatable bonds is 16. The van der Waals surface area contributed by atoms with E-state index in [0.717, 1.165) is 12.8 Å². The summed E-state index contributed by atoms with van der Waals surface area (Å²) in [5.41, 5.74) is 0. The van der Waals surface area contributed by atoms with Crippen LogP contribution in [0.3, 0.4) is 0 Å². The maximum absolute atomic E-state index is 10.2. The first-order valence-corrected chi connectivity index (χ1v) is 12.1. The predicted octanol–water partition coefficient (Wildman–Crippen LogP) is 6.93. The van der Waals surface area contributed by atoms with E-state index in [9.17, 15) is 4.79 Å². The van der Waals surface area contributed by atoms with Crippen molar-refractivity contribution in [1.29, 1.82) is 0 Å². The molecule has 0 heterocycles.